The summed E-state index contributed by atoms with van der Waals surface area (Å²) in [7, 11) is 1.64. The smallest absolute Gasteiger partial charge is 0.311 e. The van der Waals surface area contributed by atoms with E-state index in [1.165, 1.54) is 24.3 Å². The zero-order valence-corrected chi connectivity index (χ0v) is 11.1. The minimum absolute atomic E-state index is 0.0235. The summed E-state index contributed by atoms with van der Waals surface area (Å²) in [6.45, 7) is 0. The van der Waals surface area contributed by atoms with Crippen LogP contribution in [0.2, 0.25) is 5.02 Å². The number of benzene rings is 1. The summed E-state index contributed by atoms with van der Waals surface area (Å²) in [6, 6.07) is 6.49. The lowest BCUT2D eigenvalue weighted by atomic mass is 10.3. The summed E-state index contributed by atoms with van der Waals surface area (Å²) in [5, 5.41) is 16.6. The Kier molecular flexibility index (Phi) is 3.99. The van der Waals surface area contributed by atoms with E-state index in [0.717, 1.165) is 6.07 Å². The molecule has 0 aliphatic heterocycles. The molecule has 8 heteroatoms. The van der Waals surface area contributed by atoms with Crippen molar-refractivity contribution in [3.63, 3.8) is 0 Å². The quantitative estimate of drug-likeness (QED) is 0.666. The first-order chi connectivity index (χ1) is 9.51. The van der Waals surface area contributed by atoms with Crippen LogP contribution in [-0.4, -0.2) is 17.0 Å². The Bertz CT molecular complexity index is 666. The largest absolute Gasteiger partial charge is 0.373 e. The molecule has 6 nitrogen and oxygen atoms in total. The van der Waals surface area contributed by atoms with Gasteiger partial charge in [0.2, 0.25) is 5.82 Å². The molecule has 0 bridgehead atoms. The zero-order valence-electron chi connectivity index (χ0n) is 10.4. The lowest BCUT2D eigenvalue weighted by Crippen LogP contribution is -2.02. The van der Waals surface area contributed by atoms with Gasteiger partial charge in [0.15, 0.2) is 0 Å². The highest BCUT2D eigenvalue weighted by atomic mass is 35.5. The first-order valence-corrected chi connectivity index (χ1v) is 5.94. The van der Waals surface area contributed by atoms with Gasteiger partial charge in [-0.15, -0.1) is 0 Å². The predicted molar refractivity (Wildman–Crippen MR) is 75.1 cm³/mol. The highest BCUT2D eigenvalue weighted by Crippen LogP contribution is 2.30. The van der Waals surface area contributed by atoms with E-state index >= 15 is 0 Å². The number of rotatable bonds is 4. The molecule has 0 unspecified atom stereocenters. The van der Waals surface area contributed by atoms with Crippen LogP contribution in [0.5, 0.6) is 0 Å². The van der Waals surface area contributed by atoms with E-state index in [-0.39, 0.29) is 16.5 Å². The van der Waals surface area contributed by atoms with Crippen molar-refractivity contribution in [2.24, 2.45) is 0 Å². The second kappa shape index (κ2) is 5.70. The Hall–Kier alpha value is -2.41. The first kappa shape index (κ1) is 14.0. The third-order valence-electron chi connectivity index (χ3n) is 2.51. The zero-order chi connectivity index (χ0) is 14.7. The minimum atomic E-state index is -0.563. The fraction of sp³-hybridized carbons (Fsp3) is 0.0833. The summed E-state index contributed by atoms with van der Waals surface area (Å²) >= 11 is 5.87. The van der Waals surface area contributed by atoms with Crippen LogP contribution in [0.1, 0.15) is 0 Å². The van der Waals surface area contributed by atoms with Gasteiger partial charge in [-0.1, -0.05) is 11.6 Å². The Morgan fingerprint density at radius 1 is 1.35 bits per heavy atom. The maximum absolute atomic E-state index is 13.0. The molecule has 0 spiro atoms. The third-order valence-corrected chi connectivity index (χ3v) is 2.82. The van der Waals surface area contributed by atoms with E-state index in [1.54, 1.807) is 7.05 Å². The van der Waals surface area contributed by atoms with Crippen molar-refractivity contribution in [3.05, 3.63) is 51.3 Å². The molecular weight excluding hydrogens is 287 g/mol. The number of nitrogens with zero attached hydrogens (tertiary/aromatic N) is 2. The molecule has 1 heterocycles. The van der Waals surface area contributed by atoms with Crippen molar-refractivity contribution in [2.75, 3.05) is 17.7 Å². The summed E-state index contributed by atoms with van der Waals surface area (Å²) in [5.41, 5.74) is 0.126. The van der Waals surface area contributed by atoms with Crippen molar-refractivity contribution in [1.29, 1.82) is 0 Å². The van der Waals surface area contributed by atoms with E-state index < -0.39 is 10.7 Å². The fourth-order valence-corrected chi connectivity index (χ4v) is 1.76. The summed E-state index contributed by atoms with van der Waals surface area (Å²) < 4.78 is 13.0. The van der Waals surface area contributed by atoms with Gasteiger partial charge in [0, 0.05) is 13.1 Å². The van der Waals surface area contributed by atoms with Gasteiger partial charge in [-0.05, 0) is 24.3 Å². The van der Waals surface area contributed by atoms with Crippen LogP contribution in [0.3, 0.4) is 0 Å². The van der Waals surface area contributed by atoms with Crippen molar-refractivity contribution in [1.82, 2.24) is 4.98 Å². The Labute approximate surface area is 118 Å². The number of halogens is 2. The highest BCUT2D eigenvalue weighted by Gasteiger charge is 2.17. The van der Waals surface area contributed by atoms with Crippen LogP contribution < -0.4 is 10.6 Å². The number of nitro groups is 1. The standard InChI is InChI=1S/C12H10ClFN4O2/c1-15-11-5-4-10(18(19)20)12(17-11)16-9-3-2-7(14)6-8(9)13/h2-6H,1H3,(H2,15,16,17). The van der Waals surface area contributed by atoms with Crippen molar-refractivity contribution in [3.8, 4) is 0 Å². The van der Waals surface area contributed by atoms with E-state index in [4.69, 9.17) is 11.6 Å². The lowest BCUT2D eigenvalue weighted by Gasteiger charge is -2.09. The van der Waals surface area contributed by atoms with E-state index in [2.05, 4.69) is 15.6 Å². The van der Waals surface area contributed by atoms with Gasteiger partial charge in [-0.25, -0.2) is 9.37 Å². The Morgan fingerprint density at radius 2 is 2.10 bits per heavy atom. The van der Waals surface area contributed by atoms with E-state index in [1.807, 2.05) is 0 Å². The lowest BCUT2D eigenvalue weighted by molar-refractivity contribution is -0.384. The van der Waals surface area contributed by atoms with Gasteiger partial charge in [0.05, 0.1) is 15.6 Å². The van der Waals surface area contributed by atoms with E-state index in [9.17, 15) is 14.5 Å². The second-order valence-electron chi connectivity index (χ2n) is 3.82. The topological polar surface area (TPSA) is 80.1 Å². The number of anilines is 3. The molecule has 0 saturated carbocycles. The predicted octanol–water partition coefficient (Wildman–Crippen LogP) is 3.57. The van der Waals surface area contributed by atoms with Crippen molar-refractivity contribution < 1.29 is 9.31 Å². The molecule has 2 rings (SSSR count). The van der Waals surface area contributed by atoms with Crippen LogP contribution in [0.15, 0.2) is 30.3 Å². The van der Waals surface area contributed by atoms with Crippen molar-refractivity contribution in [2.45, 2.75) is 0 Å². The Balaban J connectivity index is 2.43. The van der Waals surface area contributed by atoms with Crippen LogP contribution in [0.25, 0.3) is 0 Å². The minimum Gasteiger partial charge on any atom is -0.373 e. The third kappa shape index (κ3) is 2.94. The molecule has 0 radical (unpaired) electrons. The van der Waals surface area contributed by atoms with Crippen LogP contribution in [0, 0.1) is 15.9 Å². The van der Waals surface area contributed by atoms with Gasteiger partial charge in [-0.3, -0.25) is 10.1 Å². The maximum atomic E-state index is 13.0. The highest BCUT2D eigenvalue weighted by molar-refractivity contribution is 6.33. The number of hydrogen-bond acceptors (Lipinski definition) is 5. The molecule has 0 atom stereocenters. The van der Waals surface area contributed by atoms with Gasteiger partial charge in [-0.2, -0.15) is 0 Å². The molecule has 2 aromatic rings. The number of aromatic nitrogens is 1. The van der Waals surface area contributed by atoms with Gasteiger partial charge in [0.1, 0.15) is 11.6 Å². The molecule has 2 N–H and O–H groups in total. The second-order valence-corrected chi connectivity index (χ2v) is 4.23. The van der Waals surface area contributed by atoms with Crippen LogP contribution in [0.4, 0.5) is 27.4 Å². The first-order valence-electron chi connectivity index (χ1n) is 5.56. The molecule has 0 aliphatic rings. The fourth-order valence-electron chi connectivity index (χ4n) is 1.55. The Morgan fingerprint density at radius 3 is 2.70 bits per heavy atom. The monoisotopic (exact) mass is 296 g/mol. The number of nitrogens with one attached hydrogen (secondary N) is 2. The molecular formula is C12H10ClFN4O2. The van der Waals surface area contributed by atoms with Gasteiger partial charge in [0.25, 0.3) is 0 Å². The average molecular weight is 297 g/mol. The summed E-state index contributed by atoms with van der Waals surface area (Å²) in [5.74, 6) is -0.0151. The maximum Gasteiger partial charge on any atom is 0.311 e. The molecule has 1 aromatic carbocycles. The molecule has 20 heavy (non-hydrogen) atoms. The van der Waals surface area contributed by atoms with Crippen LogP contribution in [-0.2, 0) is 0 Å². The number of hydrogen-bond donors (Lipinski definition) is 2. The SMILES string of the molecule is CNc1ccc([N+](=O)[O-])c(Nc2ccc(F)cc2Cl)n1. The van der Waals surface area contributed by atoms with E-state index in [0.29, 0.717) is 11.5 Å². The summed E-state index contributed by atoms with van der Waals surface area (Å²) in [4.78, 5) is 14.5. The molecule has 0 amide bonds. The molecule has 0 fully saturated rings. The van der Waals surface area contributed by atoms with Crippen molar-refractivity contribution >= 4 is 34.6 Å². The average Bonchev–Trinajstić information content (AvgIpc) is 2.41. The molecule has 0 aliphatic carbocycles. The molecule has 104 valence electrons. The molecule has 0 saturated heterocycles. The van der Waals surface area contributed by atoms with Crippen LogP contribution >= 0.6 is 11.6 Å². The molecule has 1 aromatic heterocycles. The van der Waals surface area contributed by atoms with Gasteiger partial charge < -0.3 is 10.6 Å². The number of pyridine rings is 1. The van der Waals surface area contributed by atoms with Gasteiger partial charge >= 0.3 is 5.69 Å². The normalized spacial score (nSPS) is 10.2. The summed E-state index contributed by atoms with van der Waals surface area (Å²) in [6.07, 6.45) is 0.